The Bertz CT molecular complexity index is 1240. The molecule has 0 N–H and O–H groups in total. The van der Waals surface area contributed by atoms with Gasteiger partial charge < -0.3 is 4.90 Å². The molecule has 0 saturated carbocycles. The zero-order valence-corrected chi connectivity index (χ0v) is 17.2. The molecule has 0 spiro atoms. The molecule has 0 fully saturated rings. The molecule has 144 valence electrons. The molecule has 0 radical (unpaired) electrons. The van der Waals surface area contributed by atoms with Gasteiger partial charge in [0.15, 0.2) is 5.69 Å². The van der Waals surface area contributed by atoms with Gasteiger partial charge in [-0.3, -0.25) is 14.6 Å². The molecule has 29 heavy (non-hydrogen) atoms. The Morgan fingerprint density at radius 3 is 2.38 bits per heavy atom. The topological polar surface area (TPSA) is 68.1 Å². The van der Waals surface area contributed by atoms with Gasteiger partial charge in [-0.15, -0.1) is 0 Å². The standard InChI is InChI=1S/C22H17BrN4O2/c1-26-21(28)19-8-3-2-7-18(19)20(25-26)22(29)27(14-16-6-4-5-13-24-16)17-11-9-15(23)10-12-17/h2-13H,14H2,1H3. The van der Waals surface area contributed by atoms with Crippen LogP contribution in [-0.2, 0) is 13.6 Å². The molecule has 0 aliphatic rings. The van der Waals surface area contributed by atoms with Crippen LogP contribution in [0.15, 0.2) is 82.2 Å². The van der Waals surface area contributed by atoms with Crippen LogP contribution in [-0.4, -0.2) is 20.7 Å². The summed E-state index contributed by atoms with van der Waals surface area (Å²) in [5.74, 6) is -0.301. The zero-order valence-electron chi connectivity index (χ0n) is 15.6. The molecule has 0 unspecified atom stereocenters. The Balaban J connectivity index is 1.86. The van der Waals surface area contributed by atoms with Gasteiger partial charge in [0.05, 0.1) is 17.6 Å². The van der Waals surface area contributed by atoms with Gasteiger partial charge in [0.1, 0.15) is 0 Å². The maximum absolute atomic E-state index is 13.6. The lowest BCUT2D eigenvalue weighted by molar-refractivity contribution is 0.0979. The Labute approximate surface area is 175 Å². The van der Waals surface area contributed by atoms with Crippen molar-refractivity contribution in [3.8, 4) is 0 Å². The molecule has 6 nitrogen and oxygen atoms in total. The molecular weight excluding hydrogens is 432 g/mol. The number of amides is 1. The number of benzene rings is 2. The van der Waals surface area contributed by atoms with E-state index < -0.39 is 0 Å². The number of pyridine rings is 1. The number of aryl methyl sites for hydroxylation is 1. The van der Waals surface area contributed by atoms with E-state index in [1.807, 2.05) is 42.5 Å². The Hall–Kier alpha value is -3.32. The Kier molecular flexibility index (Phi) is 5.22. The molecule has 0 bridgehead atoms. The number of carbonyl (C=O) groups excluding carboxylic acids is 1. The van der Waals surface area contributed by atoms with Crippen molar-refractivity contribution in [2.24, 2.45) is 7.05 Å². The molecular formula is C22H17BrN4O2. The molecule has 0 aliphatic heterocycles. The van der Waals surface area contributed by atoms with Crippen LogP contribution in [0.4, 0.5) is 5.69 Å². The van der Waals surface area contributed by atoms with Crippen LogP contribution in [0.2, 0.25) is 0 Å². The number of carbonyl (C=O) groups is 1. The number of hydrogen-bond donors (Lipinski definition) is 0. The summed E-state index contributed by atoms with van der Waals surface area (Å²) in [5.41, 5.74) is 1.44. The molecule has 4 rings (SSSR count). The molecule has 2 aromatic heterocycles. The van der Waals surface area contributed by atoms with E-state index >= 15 is 0 Å². The fourth-order valence-corrected chi connectivity index (χ4v) is 3.40. The lowest BCUT2D eigenvalue weighted by Gasteiger charge is -2.23. The van der Waals surface area contributed by atoms with Crippen molar-refractivity contribution in [2.45, 2.75) is 6.54 Å². The van der Waals surface area contributed by atoms with Gasteiger partial charge in [0.2, 0.25) is 0 Å². The first kappa shape index (κ1) is 19.0. The maximum atomic E-state index is 13.6. The molecule has 0 aliphatic carbocycles. The third-order valence-corrected chi connectivity index (χ3v) is 5.12. The van der Waals surface area contributed by atoms with Crippen LogP contribution < -0.4 is 10.5 Å². The highest BCUT2D eigenvalue weighted by Gasteiger charge is 2.23. The Morgan fingerprint density at radius 2 is 1.69 bits per heavy atom. The summed E-state index contributed by atoms with van der Waals surface area (Å²) in [6.45, 7) is 0.278. The predicted octanol–water partition coefficient (Wildman–Crippen LogP) is 3.94. The predicted molar refractivity (Wildman–Crippen MR) is 116 cm³/mol. The van der Waals surface area contributed by atoms with E-state index in [-0.39, 0.29) is 23.7 Å². The summed E-state index contributed by atoms with van der Waals surface area (Å²) in [4.78, 5) is 32.0. The minimum absolute atomic E-state index is 0.224. The van der Waals surface area contributed by atoms with E-state index in [0.717, 1.165) is 10.2 Å². The van der Waals surface area contributed by atoms with Crippen molar-refractivity contribution < 1.29 is 4.79 Å². The van der Waals surface area contributed by atoms with Crippen LogP contribution in [0, 0.1) is 0 Å². The molecule has 0 saturated heterocycles. The summed E-state index contributed by atoms with van der Waals surface area (Å²) < 4.78 is 2.12. The number of fused-ring (bicyclic) bond motifs is 1. The van der Waals surface area contributed by atoms with Gasteiger partial charge in [0, 0.05) is 28.8 Å². The monoisotopic (exact) mass is 448 g/mol. The van der Waals surface area contributed by atoms with Gasteiger partial charge in [-0.1, -0.05) is 40.2 Å². The number of hydrogen-bond acceptors (Lipinski definition) is 4. The van der Waals surface area contributed by atoms with E-state index in [4.69, 9.17) is 0 Å². The van der Waals surface area contributed by atoms with E-state index in [1.165, 1.54) is 4.68 Å². The highest BCUT2D eigenvalue weighted by Crippen LogP contribution is 2.24. The number of nitrogens with zero attached hydrogens (tertiary/aromatic N) is 4. The fourth-order valence-electron chi connectivity index (χ4n) is 3.14. The number of anilines is 1. The summed E-state index contributed by atoms with van der Waals surface area (Å²) in [6, 6.07) is 20.1. The average Bonchev–Trinajstić information content (AvgIpc) is 2.76. The van der Waals surface area contributed by atoms with E-state index in [0.29, 0.717) is 16.5 Å². The van der Waals surface area contributed by atoms with Gasteiger partial charge >= 0.3 is 0 Å². The lowest BCUT2D eigenvalue weighted by Crippen LogP contribution is -2.34. The average molecular weight is 449 g/mol. The van der Waals surface area contributed by atoms with Crippen molar-refractivity contribution in [3.63, 3.8) is 0 Å². The zero-order chi connectivity index (χ0) is 20.4. The maximum Gasteiger partial charge on any atom is 0.279 e. The second kappa shape index (κ2) is 7.97. The van der Waals surface area contributed by atoms with E-state index in [9.17, 15) is 9.59 Å². The molecule has 0 atom stereocenters. The van der Waals surface area contributed by atoms with Crippen LogP contribution >= 0.6 is 15.9 Å². The Morgan fingerprint density at radius 1 is 1.00 bits per heavy atom. The minimum atomic E-state index is -0.301. The van der Waals surface area contributed by atoms with Gasteiger partial charge in [-0.2, -0.15) is 5.10 Å². The van der Waals surface area contributed by atoms with E-state index in [1.54, 1.807) is 42.4 Å². The van der Waals surface area contributed by atoms with Crippen molar-refractivity contribution in [1.29, 1.82) is 0 Å². The second-order valence-corrected chi connectivity index (χ2v) is 7.43. The number of aromatic nitrogens is 3. The fraction of sp³-hybridized carbons (Fsp3) is 0.0909. The first-order valence-corrected chi connectivity index (χ1v) is 9.77. The number of rotatable bonds is 4. The highest BCUT2D eigenvalue weighted by atomic mass is 79.9. The van der Waals surface area contributed by atoms with Crippen LogP contribution in [0.3, 0.4) is 0 Å². The summed E-state index contributed by atoms with van der Waals surface area (Å²) >= 11 is 3.43. The molecule has 1 amide bonds. The minimum Gasteiger partial charge on any atom is -0.301 e. The molecule has 4 aromatic rings. The largest absolute Gasteiger partial charge is 0.301 e. The molecule has 7 heteroatoms. The third-order valence-electron chi connectivity index (χ3n) is 4.59. The van der Waals surface area contributed by atoms with E-state index in [2.05, 4.69) is 26.0 Å². The smallest absolute Gasteiger partial charge is 0.279 e. The SMILES string of the molecule is Cn1nc(C(=O)N(Cc2ccccn2)c2ccc(Br)cc2)c2ccccc2c1=O. The molecule has 2 heterocycles. The summed E-state index contributed by atoms with van der Waals surface area (Å²) in [6.07, 6.45) is 1.69. The van der Waals surface area contributed by atoms with Crippen molar-refractivity contribution in [1.82, 2.24) is 14.8 Å². The first-order valence-electron chi connectivity index (χ1n) is 8.98. The normalized spacial score (nSPS) is 10.8. The van der Waals surface area contributed by atoms with Gasteiger partial charge in [-0.25, -0.2) is 4.68 Å². The van der Waals surface area contributed by atoms with Crippen molar-refractivity contribution >= 4 is 38.3 Å². The van der Waals surface area contributed by atoms with Gasteiger partial charge in [-0.05, 0) is 42.5 Å². The third kappa shape index (κ3) is 3.82. The lowest BCUT2D eigenvalue weighted by atomic mass is 10.1. The van der Waals surface area contributed by atoms with Crippen molar-refractivity contribution in [3.05, 3.63) is 99.1 Å². The van der Waals surface area contributed by atoms with Gasteiger partial charge in [0.25, 0.3) is 11.5 Å². The highest BCUT2D eigenvalue weighted by molar-refractivity contribution is 9.10. The molecule has 2 aromatic carbocycles. The van der Waals surface area contributed by atoms with Crippen LogP contribution in [0.5, 0.6) is 0 Å². The number of halogens is 1. The summed E-state index contributed by atoms with van der Waals surface area (Å²) in [5, 5.41) is 5.28. The quantitative estimate of drug-likeness (QED) is 0.474. The summed E-state index contributed by atoms with van der Waals surface area (Å²) in [7, 11) is 1.55. The van der Waals surface area contributed by atoms with Crippen molar-refractivity contribution in [2.75, 3.05) is 4.90 Å². The first-order chi connectivity index (χ1) is 14.0. The second-order valence-electron chi connectivity index (χ2n) is 6.51. The van der Waals surface area contributed by atoms with Crippen LogP contribution in [0.1, 0.15) is 16.2 Å². The van der Waals surface area contributed by atoms with Crippen LogP contribution in [0.25, 0.3) is 10.8 Å².